The Morgan fingerprint density at radius 1 is 1.40 bits per heavy atom. The number of carbonyl (C=O) groups excluding carboxylic acids is 1. The maximum Gasteiger partial charge on any atom is 0.315 e. The van der Waals surface area contributed by atoms with Crippen LogP contribution in [0.25, 0.3) is 0 Å². The van der Waals surface area contributed by atoms with E-state index in [-0.39, 0.29) is 13.2 Å². The van der Waals surface area contributed by atoms with Gasteiger partial charge < -0.3 is 20.5 Å². The van der Waals surface area contributed by atoms with Gasteiger partial charge in [0.15, 0.2) is 11.6 Å². The van der Waals surface area contributed by atoms with Crippen molar-refractivity contribution in [3.05, 3.63) is 35.4 Å². The fourth-order valence-electron chi connectivity index (χ4n) is 1.57. The zero-order chi connectivity index (χ0) is 15.1. The summed E-state index contributed by atoms with van der Waals surface area (Å²) in [6.07, 6.45) is -0.802. The van der Waals surface area contributed by atoms with E-state index in [1.54, 1.807) is 6.92 Å². The summed E-state index contributed by atoms with van der Waals surface area (Å²) in [5, 5.41) is 14.4. The van der Waals surface area contributed by atoms with Gasteiger partial charge in [-0.25, -0.2) is 13.6 Å². The fourth-order valence-corrected chi connectivity index (χ4v) is 1.57. The summed E-state index contributed by atoms with van der Waals surface area (Å²) in [5.41, 5.74) is 0.441. The average molecular weight is 288 g/mol. The molecule has 2 unspecified atom stereocenters. The van der Waals surface area contributed by atoms with E-state index >= 15 is 0 Å². The molecule has 0 bridgehead atoms. The molecule has 0 saturated carbocycles. The number of aliphatic hydroxyl groups is 1. The SMILES string of the molecule is COCC(O)CNC(=O)NC(C)c1ccc(F)c(F)c1. The third-order valence-electron chi connectivity index (χ3n) is 2.65. The van der Waals surface area contributed by atoms with Gasteiger partial charge in [-0.3, -0.25) is 0 Å². The Morgan fingerprint density at radius 2 is 2.10 bits per heavy atom. The Balaban J connectivity index is 2.46. The number of amides is 2. The number of carbonyl (C=O) groups is 1. The first-order chi connectivity index (χ1) is 9.43. The van der Waals surface area contributed by atoms with Gasteiger partial charge in [0.2, 0.25) is 0 Å². The monoisotopic (exact) mass is 288 g/mol. The largest absolute Gasteiger partial charge is 0.389 e. The molecule has 0 aliphatic rings. The second-order valence-electron chi connectivity index (χ2n) is 4.36. The van der Waals surface area contributed by atoms with E-state index in [0.717, 1.165) is 12.1 Å². The lowest BCUT2D eigenvalue weighted by Crippen LogP contribution is -2.41. The van der Waals surface area contributed by atoms with Gasteiger partial charge in [-0.15, -0.1) is 0 Å². The zero-order valence-electron chi connectivity index (χ0n) is 11.3. The Morgan fingerprint density at radius 3 is 2.70 bits per heavy atom. The van der Waals surface area contributed by atoms with Gasteiger partial charge in [-0.05, 0) is 24.6 Å². The molecule has 0 fully saturated rings. The second-order valence-corrected chi connectivity index (χ2v) is 4.36. The molecule has 5 nitrogen and oxygen atoms in total. The Labute approximate surface area is 115 Å². The first kappa shape index (κ1) is 16.3. The van der Waals surface area contributed by atoms with Gasteiger partial charge in [-0.2, -0.15) is 0 Å². The molecule has 0 saturated heterocycles. The molecular formula is C13H18F2N2O3. The number of ether oxygens (including phenoxy) is 1. The number of urea groups is 1. The Hall–Kier alpha value is -1.73. The van der Waals surface area contributed by atoms with Crippen molar-refractivity contribution in [3.63, 3.8) is 0 Å². The number of aliphatic hydroxyl groups excluding tert-OH is 1. The standard InChI is InChI=1S/C13H18F2N2O3/c1-8(9-3-4-11(14)12(15)5-9)17-13(19)16-6-10(18)7-20-2/h3-5,8,10,18H,6-7H2,1-2H3,(H2,16,17,19). The van der Waals surface area contributed by atoms with Crippen LogP contribution in [0.5, 0.6) is 0 Å². The first-order valence-corrected chi connectivity index (χ1v) is 6.10. The van der Waals surface area contributed by atoms with Crippen molar-refractivity contribution in [2.45, 2.75) is 19.1 Å². The van der Waals surface area contributed by atoms with Crippen molar-refractivity contribution in [1.82, 2.24) is 10.6 Å². The summed E-state index contributed by atoms with van der Waals surface area (Å²) in [4.78, 5) is 11.5. The third-order valence-corrected chi connectivity index (χ3v) is 2.65. The number of rotatable bonds is 6. The van der Waals surface area contributed by atoms with Gasteiger partial charge >= 0.3 is 6.03 Å². The van der Waals surface area contributed by atoms with Crippen molar-refractivity contribution in [2.24, 2.45) is 0 Å². The summed E-state index contributed by atoms with van der Waals surface area (Å²) in [5.74, 6) is -1.90. The highest BCUT2D eigenvalue weighted by molar-refractivity contribution is 5.74. The molecule has 112 valence electrons. The van der Waals surface area contributed by atoms with Gasteiger partial charge in [0, 0.05) is 13.7 Å². The molecular weight excluding hydrogens is 270 g/mol. The van der Waals surface area contributed by atoms with Crippen LogP contribution in [0, 0.1) is 11.6 Å². The van der Waals surface area contributed by atoms with Crippen LogP contribution < -0.4 is 10.6 Å². The molecule has 0 spiro atoms. The van der Waals surface area contributed by atoms with E-state index < -0.39 is 29.8 Å². The van der Waals surface area contributed by atoms with Gasteiger partial charge in [0.05, 0.1) is 18.8 Å². The topological polar surface area (TPSA) is 70.6 Å². The number of hydrogen-bond acceptors (Lipinski definition) is 3. The van der Waals surface area contributed by atoms with Crippen LogP contribution in [0.2, 0.25) is 0 Å². The van der Waals surface area contributed by atoms with E-state index in [1.165, 1.54) is 13.2 Å². The normalized spacial score (nSPS) is 13.7. The summed E-state index contributed by atoms with van der Waals surface area (Å²) in [7, 11) is 1.44. The van der Waals surface area contributed by atoms with Crippen LogP contribution in [0.1, 0.15) is 18.5 Å². The van der Waals surface area contributed by atoms with Crippen LogP contribution in [-0.2, 0) is 4.74 Å². The number of hydrogen-bond donors (Lipinski definition) is 3. The maximum atomic E-state index is 13.1. The van der Waals surface area contributed by atoms with Gasteiger partial charge in [0.1, 0.15) is 0 Å². The fraction of sp³-hybridized carbons (Fsp3) is 0.462. The van der Waals surface area contributed by atoms with Crippen LogP contribution in [0.15, 0.2) is 18.2 Å². The minimum atomic E-state index is -0.966. The molecule has 1 aromatic carbocycles. The molecule has 0 aromatic heterocycles. The predicted octanol–water partition coefficient (Wildman–Crippen LogP) is 1.33. The molecule has 0 aliphatic heterocycles. The van der Waals surface area contributed by atoms with Crippen LogP contribution in [0.3, 0.4) is 0 Å². The minimum Gasteiger partial charge on any atom is -0.389 e. The highest BCUT2D eigenvalue weighted by Gasteiger charge is 2.12. The highest BCUT2D eigenvalue weighted by atomic mass is 19.2. The third kappa shape index (κ3) is 5.10. The Bertz CT molecular complexity index is 457. The summed E-state index contributed by atoms with van der Waals surface area (Å²) >= 11 is 0. The summed E-state index contributed by atoms with van der Waals surface area (Å²) in [6, 6.07) is 2.41. The number of halogens is 2. The quantitative estimate of drug-likeness (QED) is 0.739. The van der Waals surface area contributed by atoms with E-state index in [4.69, 9.17) is 4.74 Å². The Kier molecular flexibility index (Phi) is 6.33. The molecule has 7 heteroatoms. The summed E-state index contributed by atoms with van der Waals surface area (Å²) in [6.45, 7) is 1.78. The molecule has 1 rings (SSSR count). The molecule has 3 N–H and O–H groups in total. The van der Waals surface area contributed by atoms with Crippen molar-refractivity contribution < 1.29 is 23.4 Å². The highest BCUT2D eigenvalue weighted by Crippen LogP contribution is 2.15. The molecule has 2 atom stereocenters. The molecule has 0 heterocycles. The second kappa shape index (κ2) is 7.76. The van der Waals surface area contributed by atoms with E-state index in [1.807, 2.05) is 0 Å². The van der Waals surface area contributed by atoms with Crippen molar-refractivity contribution in [1.29, 1.82) is 0 Å². The van der Waals surface area contributed by atoms with Crippen molar-refractivity contribution in [3.8, 4) is 0 Å². The molecule has 0 radical (unpaired) electrons. The first-order valence-electron chi connectivity index (χ1n) is 6.10. The number of nitrogens with one attached hydrogen (secondary N) is 2. The number of methoxy groups -OCH3 is 1. The minimum absolute atomic E-state index is 0.0319. The average Bonchev–Trinajstić information content (AvgIpc) is 2.40. The zero-order valence-corrected chi connectivity index (χ0v) is 11.3. The van der Waals surface area contributed by atoms with E-state index in [9.17, 15) is 18.7 Å². The molecule has 1 aromatic rings. The lowest BCUT2D eigenvalue weighted by atomic mass is 10.1. The van der Waals surface area contributed by atoms with Crippen molar-refractivity contribution >= 4 is 6.03 Å². The molecule has 20 heavy (non-hydrogen) atoms. The smallest absolute Gasteiger partial charge is 0.315 e. The van der Waals surface area contributed by atoms with E-state index in [0.29, 0.717) is 5.56 Å². The lowest BCUT2D eigenvalue weighted by Gasteiger charge is -2.16. The van der Waals surface area contributed by atoms with Gasteiger partial charge in [0.25, 0.3) is 0 Å². The maximum absolute atomic E-state index is 13.1. The van der Waals surface area contributed by atoms with Crippen LogP contribution >= 0.6 is 0 Å². The van der Waals surface area contributed by atoms with Crippen LogP contribution in [0.4, 0.5) is 13.6 Å². The number of benzene rings is 1. The molecule has 2 amide bonds. The van der Waals surface area contributed by atoms with Gasteiger partial charge in [-0.1, -0.05) is 6.07 Å². The lowest BCUT2D eigenvalue weighted by molar-refractivity contribution is 0.0659. The predicted molar refractivity (Wildman–Crippen MR) is 69.2 cm³/mol. The molecule has 0 aliphatic carbocycles. The van der Waals surface area contributed by atoms with Crippen molar-refractivity contribution in [2.75, 3.05) is 20.3 Å². The summed E-state index contributed by atoms with van der Waals surface area (Å²) < 4.78 is 30.6. The van der Waals surface area contributed by atoms with Crippen LogP contribution in [-0.4, -0.2) is 37.5 Å². The van der Waals surface area contributed by atoms with E-state index in [2.05, 4.69) is 10.6 Å².